The van der Waals surface area contributed by atoms with Crippen LogP contribution < -0.4 is 4.74 Å². The van der Waals surface area contributed by atoms with Crippen LogP contribution in [0.15, 0.2) is 36.4 Å². The van der Waals surface area contributed by atoms with Crippen LogP contribution >= 0.6 is 0 Å². The fraction of sp³-hybridized carbons (Fsp3) is 0.545. The van der Waals surface area contributed by atoms with Gasteiger partial charge >= 0.3 is 11.9 Å². The van der Waals surface area contributed by atoms with Crippen LogP contribution in [0.1, 0.15) is 63.7 Å². The van der Waals surface area contributed by atoms with Crippen LogP contribution in [-0.4, -0.2) is 18.0 Å². The van der Waals surface area contributed by atoms with Crippen LogP contribution in [0.3, 0.4) is 0 Å². The van der Waals surface area contributed by atoms with Gasteiger partial charge in [-0.1, -0.05) is 45.9 Å². The van der Waals surface area contributed by atoms with Gasteiger partial charge in [0, 0.05) is 5.57 Å². The van der Waals surface area contributed by atoms with E-state index in [2.05, 4.69) is 27.4 Å². The van der Waals surface area contributed by atoms with Gasteiger partial charge < -0.3 is 9.47 Å². The first-order chi connectivity index (χ1) is 12.3. The molecule has 0 heterocycles. The molecule has 1 saturated carbocycles. The lowest BCUT2D eigenvalue weighted by Crippen LogP contribution is -2.36. The maximum Gasteiger partial charge on any atom is 0.342 e. The summed E-state index contributed by atoms with van der Waals surface area (Å²) in [6.07, 6.45) is 4.19. The lowest BCUT2D eigenvalue weighted by molar-refractivity contribution is -0.130. The van der Waals surface area contributed by atoms with E-state index in [0.29, 0.717) is 17.8 Å². The SMILES string of the molecule is C=C(C)C(=O)Oc1ccccc1C(=O)OC1CC(CC)CCC1C(C)C. The molecule has 4 nitrogen and oxygen atoms in total. The molecule has 0 aliphatic heterocycles. The first kappa shape index (κ1) is 20.2. The number of carbonyl (C=O) groups is 2. The van der Waals surface area contributed by atoms with Crippen LogP contribution in [0.25, 0.3) is 0 Å². The highest BCUT2D eigenvalue weighted by Crippen LogP contribution is 2.37. The summed E-state index contributed by atoms with van der Waals surface area (Å²) in [5, 5.41) is 0. The van der Waals surface area contributed by atoms with Crippen molar-refractivity contribution in [1.82, 2.24) is 0 Å². The van der Waals surface area contributed by atoms with Gasteiger partial charge in [0.1, 0.15) is 17.4 Å². The van der Waals surface area contributed by atoms with Crippen molar-refractivity contribution in [1.29, 1.82) is 0 Å². The summed E-state index contributed by atoms with van der Waals surface area (Å²) in [6, 6.07) is 6.70. The molecule has 0 amide bonds. The third-order valence-electron chi connectivity index (χ3n) is 5.30. The Morgan fingerprint density at radius 2 is 1.92 bits per heavy atom. The molecule has 26 heavy (non-hydrogen) atoms. The Bertz CT molecular complexity index is 662. The molecule has 0 radical (unpaired) electrons. The molecule has 3 unspecified atom stereocenters. The number of hydrogen-bond acceptors (Lipinski definition) is 4. The molecule has 1 aliphatic rings. The zero-order valence-corrected chi connectivity index (χ0v) is 16.3. The molecule has 1 aromatic rings. The summed E-state index contributed by atoms with van der Waals surface area (Å²) in [4.78, 5) is 24.6. The zero-order chi connectivity index (χ0) is 19.3. The van der Waals surface area contributed by atoms with Crippen LogP contribution in [0.4, 0.5) is 0 Å². The van der Waals surface area contributed by atoms with Gasteiger partial charge in [-0.05, 0) is 56.1 Å². The monoisotopic (exact) mass is 358 g/mol. The van der Waals surface area contributed by atoms with E-state index >= 15 is 0 Å². The van der Waals surface area contributed by atoms with Crippen molar-refractivity contribution in [3.05, 3.63) is 42.0 Å². The number of benzene rings is 1. The first-order valence-electron chi connectivity index (χ1n) is 9.51. The molecule has 0 saturated heterocycles. The summed E-state index contributed by atoms with van der Waals surface area (Å²) in [5.41, 5.74) is 0.564. The average molecular weight is 358 g/mol. The fourth-order valence-electron chi connectivity index (χ4n) is 3.62. The van der Waals surface area contributed by atoms with Gasteiger partial charge in [-0.3, -0.25) is 0 Å². The van der Waals surface area contributed by atoms with E-state index in [1.165, 1.54) is 6.42 Å². The topological polar surface area (TPSA) is 52.6 Å². The second-order valence-electron chi connectivity index (χ2n) is 7.60. The van der Waals surface area contributed by atoms with Gasteiger partial charge in [0.05, 0.1) is 0 Å². The minimum Gasteiger partial charge on any atom is -0.458 e. The highest BCUT2D eigenvalue weighted by molar-refractivity contribution is 5.95. The van der Waals surface area contributed by atoms with Crippen molar-refractivity contribution in [2.75, 3.05) is 0 Å². The minimum absolute atomic E-state index is 0.0916. The molecule has 1 aliphatic carbocycles. The second-order valence-corrected chi connectivity index (χ2v) is 7.60. The van der Waals surface area contributed by atoms with Crippen LogP contribution in [-0.2, 0) is 9.53 Å². The quantitative estimate of drug-likeness (QED) is 0.400. The summed E-state index contributed by atoms with van der Waals surface area (Å²) in [6.45, 7) is 11.7. The standard InChI is InChI=1S/C22H30O4/c1-6-16-11-12-17(14(2)3)20(13-16)26-22(24)18-9-7-8-10-19(18)25-21(23)15(4)5/h7-10,14,16-17,20H,4,6,11-13H2,1-3,5H3. The van der Waals surface area contributed by atoms with Gasteiger partial charge in [0.25, 0.3) is 0 Å². The molecule has 3 atom stereocenters. The zero-order valence-electron chi connectivity index (χ0n) is 16.3. The Morgan fingerprint density at radius 3 is 2.54 bits per heavy atom. The van der Waals surface area contributed by atoms with Crippen molar-refractivity contribution in [3.63, 3.8) is 0 Å². The molecular weight excluding hydrogens is 328 g/mol. The van der Waals surface area contributed by atoms with Gasteiger partial charge in [-0.15, -0.1) is 0 Å². The summed E-state index contributed by atoms with van der Waals surface area (Å²) >= 11 is 0. The van der Waals surface area contributed by atoms with Crippen molar-refractivity contribution in [3.8, 4) is 5.75 Å². The summed E-state index contributed by atoms with van der Waals surface area (Å²) in [5.74, 6) is 0.666. The van der Waals surface area contributed by atoms with E-state index in [1.807, 2.05) is 0 Å². The summed E-state index contributed by atoms with van der Waals surface area (Å²) in [7, 11) is 0. The number of para-hydroxylation sites is 1. The lowest BCUT2D eigenvalue weighted by atomic mass is 9.74. The van der Waals surface area contributed by atoms with Gasteiger partial charge in [-0.25, -0.2) is 9.59 Å². The highest BCUT2D eigenvalue weighted by atomic mass is 16.6. The third kappa shape index (κ3) is 4.96. The normalized spacial score (nSPS) is 22.7. The Kier molecular flexibility index (Phi) is 7.01. The number of hydrogen-bond donors (Lipinski definition) is 0. The molecular formula is C22H30O4. The van der Waals surface area contributed by atoms with Gasteiger partial charge in [-0.2, -0.15) is 0 Å². The van der Waals surface area contributed by atoms with Crippen molar-refractivity contribution >= 4 is 11.9 Å². The second kappa shape index (κ2) is 9.02. The van der Waals surface area contributed by atoms with E-state index in [4.69, 9.17) is 9.47 Å². The van der Waals surface area contributed by atoms with E-state index in [9.17, 15) is 9.59 Å². The number of esters is 2. The Balaban J connectivity index is 2.17. The molecule has 1 fully saturated rings. The van der Waals surface area contributed by atoms with Gasteiger partial charge in [0.2, 0.25) is 0 Å². The first-order valence-corrected chi connectivity index (χ1v) is 9.51. The Labute approximate surface area is 156 Å². The molecule has 0 N–H and O–H groups in total. The van der Waals surface area contributed by atoms with Crippen molar-refractivity contribution < 1.29 is 19.1 Å². The molecule has 142 valence electrons. The van der Waals surface area contributed by atoms with Crippen molar-refractivity contribution in [2.45, 2.75) is 59.5 Å². The third-order valence-corrected chi connectivity index (χ3v) is 5.30. The summed E-state index contributed by atoms with van der Waals surface area (Å²) < 4.78 is 11.2. The predicted octanol–water partition coefficient (Wildman–Crippen LogP) is 5.18. The molecule has 1 aromatic carbocycles. The maximum atomic E-state index is 12.8. The highest BCUT2D eigenvalue weighted by Gasteiger charge is 2.35. The van der Waals surface area contributed by atoms with E-state index in [0.717, 1.165) is 19.3 Å². The smallest absolute Gasteiger partial charge is 0.342 e. The predicted molar refractivity (Wildman–Crippen MR) is 102 cm³/mol. The number of rotatable bonds is 6. The molecule has 0 bridgehead atoms. The fourth-order valence-corrected chi connectivity index (χ4v) is 3.62. The van der Waals surface area contributed by atoms with Gasteiger partial charge in [0.15, 0.2) is 0 Å². The van der Waals surface area contributed by atoms with Crippen LogP contribution in [0, 0.1) is 17.8 Å². The van der Waals surface area contributed by atoms with Crippen LogP contribution in [0.2, 0.25) is 0 Å². The van der Waals surface area contributed by atoms with E-state index < -0.39 is 11.9 Å². The largest absolute Gasteiger partial charge is 0.458 e. The maximum absolute atomic E-state index is 12.8. The Morgan fingerprint density at radius 1 is 1.23 bits per heavy atom. The van der Waals surface area contributed by atoms with Crippen molar-refractivity contribution in [2.24, 2.45) is 17.8 Å². The number of carbonyl (C=O) groups excluding carboxylic acids is 2. The lowest BCUT2D eigenvalue weighted by Gasteiger charge is -2.37. The Hall–Kier alpha value is -2.10. The minimum atomic E-state index is -0.547. The number of ether oxygens (including phenoxy) is 2. The van der Waals surface area contributed by atoms with E-state index in [1.54, 1.807) is 31.2 Å². The molecule has 0 aromatic heterocycles. The molecule has 0 spiro atoms. The molecule has 2 rings (SSSR count). The van der Waals surface area contributed by atoms with Crippen LogP contribution in [0.5, 0.6) is 5.75 Å². The molecule has 4 heteroatoms. The van der Waals surface area contributed by atoms with E-state index in [-0.39, 0.29) is 23.0 Å². The average Bonchev–Trinajstić information content (AvgIpc) is 2.61.